The number of rotatable bonds is 3. The van der Waals surface area contributed by atoms with Crippen LogP contribution < -0.4 is 0 Å². The van der Waals surface area contributed by atoms with E-state index in [1.54, 1.807) is 0 Å². The molecule has 0 atom stereocenters. The fourth-order valence-corrected chi connectivity index (χ4v) is 2.04. The third-order valence-electron chi connectivity index (χ3n) is 2.93. The molecule has 14 heavy (non-hydrogen) atoms. The van der Waals surface area contributed by atoms with Crippen molar-refractivity contribution in [2.45, 2.75) is 45.4 Å². The van der Waals surface area contributed by atoms with Crippen molar-refractivity contribution in [3.8, 4) is 6.07 Å². The van der Waals surface area contributed by atoms with Gasteiger partial charge < -0.3 is 4.74 Å². The van der Waals surface area contributed by atoms with Gasteiger partial charge in [0.1, 0.15) is 0 Å². The SMILES string of the molecule is CC(=O)OCCC1(C#N)CCCCC1. The molecular weight excluding hydrogens is 178 g/mol. The van der Waals surface area contributed by atoms with Crippen LogP contribution in [0.5, 0.6) is 0 Å². The summed E-state index contributed by atoms with van der Waals surface area (Å²) in [4.78, 5) is 10.6. The fourth-order valence-electron chi connectivity index (χ4n) is 2.04. The van der Waals surface area contributed by atoms with Crippen LogP contribution in [0.2, 0.25) is 0 Å². The highest BCUT2D eigenvalue weighted by atomic mass is 16.5. The summed E-state index contributed by atoms with van der Waals surface area (Å²) >= 11 is 0. The van der Waals surface area contributed by atoms with E-state index in [0.29, 0.717) is 13.0 Å². The normalized spacial score (nSPS) is 19.7. The van der Waals surface area contributed by atoms with E-state index >= 15 is 0 Å². The Morgan fingerprint density at radius 2 is 2.07 bits per heavy atom. The second-order valence-corrected chi connectivity index (χ2v) is 4.04. The summed E-state index contributed by atoms with van der Waals surface area (Å²) in [5.74, 6) is -0.256. The molecule has 0 spiro atoms. The average molecular weight is 195 g/mol. The number of esters is 1. The van der Waals surface area contributed by atoms with Gasteiger partial charge in [0.15, 0.2) is 0 Å². The molecule has 1 aliphatic rings. The first kappa shape index (κ1) is 11.0. The molecule has 0 bridgehead atoms. The van der Waals surface area contributed by atoms with Gasteiger partial charge in [-0.15, -0.1) is 0 Å². The molecule has 0 aromatic heterocycles. The van der Waals surface area contributed by atoms with Crippen molar-refractivity contribution in [2.75, 3.05) is 6.61 Å². The maximum atomic E-state index is 10.6. The van der Waals surface area contributed by atoms with Crippen LogP contribution in [0, 0.1) is 16.7 Å². The maximum Gasteiger partial charge on any atom is 0.302 e. The van der Waals surface area contributed by atoms with Crippen LogP contribution in [-0.4, -0.2) is 12.6 Å². The highest BCUT2D eigenvalue weighted by Crippen LogP contribution is 2.38. The number of hydrogen-bond donors (Lipinski definition) is 0. The summed E-state index contributed by atoms with van der Waals surface area (Å²) in [6.07, 6.45) is 6.12. The standard InChI is InChI=1S/C11H17NO2/c1-10(13)14-8-7-11(9-12)5-3-2-4-6-11/h2-8H2,1H3. The lowest BCUT2D eigenvalue weighted by molar-refractivity contribution is -0.141. The van der Waals surface area contributed by atoms with E-state index in [0.717, 1.165) is 25.7 Å². The van der Waals surface area contributed by atoms with Crippen molar-refractivity contribution in [1.82, 2.24) is 0 Å². The van der Waals surface area contributed by atoms with Gasteiger partial charge in [0.25, 0.3) is 0 Å². The summed E-state index contributed by atoms with van der Waals surface area (Å²) < 4.78 is 4.88. The van der Waals surface area contributed by atoms with Crippen molar-refractivity contribution < 1.29 is 9.53 Å². The molecule has 1 saturated carbocycles. The number of ether oxygens (including phenoxy) is 1. The molecule has 0 amide bonds. The topological polar surface area (TPSA) is 50.1 Å². The zero-order chi connectivity index (χ0) is 10.4. The minimum absolute atomic E-state index is 0.215. The van der Waals surface area contributed by atoms with E-state index in [1.807, 2.05) is 0 Å². The highest BCUT2D eigenvalue weighted by molar-refractivity contribution is 5.65. The van der Waals surface area contributed by atoms with Crippen LogP contribution in [0.3, 0.4) is 0 Å². The third-order valence-corrected chi connectivity index (χ3v) is 2.93. The van der Waals surface area contributed by atoms with Crippen LogP contribution in [0.15, 0.2) is 0 Å². The number of carbonyl (C=O) groups excluding carboxylic acids is 1. The quantitative estimate of drug-likeness (QED) is 0.650. The summed E-state index contributed by atoms with van der Waals surface area (Å²) in [6.45, 7) is 1.79. The molecule has 0 aliphatic heterocycles. The van der Waals surface area contributed by atoms with Gasteiger partial charge in [-0.2, -0.15) is 5.26 Å². The van der Waals surface area contributed by atoms with Gasteiger partial charge in [0.2, 0.25) is 0 Å². The molecule has 0 heterocycles. The molecular formula is C11H17NO2. The number of carbonyl (C=O) groups is 1. The van der Waals surface area contributed by atoms with Gasteiger partial charge in [0.05, 0.1) is 18.1 Å². The minimum atomic E-state index is -0.256. The number of nitriles is 1. The van der Waals surface area contributed by atoms with Crippen LogP contribution >= 0.6 is 0 Å². The Kier molecular flexibility index (Phi) is 3.94. The summed E-state index contributed by atoms with van der Waals surface area (Å²) in [6, 6.07) is 2.40. The summed E-state index contributed by atoms with van der Waals surface area (Å²) in [5, 5.41) is 9.12. The van der Waals surface area contributed by atoms with Crippen LogP contribution in [0.1, 0.15) is 45.4 Å². The molecule has 0 radical (unpaired) electrons. The van der Waals surface area contributed by atoms with Crippen molar-refractivity contribution >= 4 is 5.97 Å². The van der Waals surface area contributed by atoms with E-state index < -0.39 is 0 Å². The molecule has 0 unspecified atom stereocenters. The highest BCUT2D eigenvalue weighted by Gasteiger charge is 2.31. The van der Waals surface area contributed by atoms with Gasteiger partial charge in [-0.25, -0.2) is 0 Å². The molecule has 78 valence electrons. The predicted octanol–water partition coefficient (Wildman–Crippen LogP) is 2.41. The van der Waals surface area contributed by atoms with E-state index in [1.165, 1.54) is 13.3 Å². The molecule has 3 nitrogen and oxygen atoms in total. The van der Waals surface area contributed by atoms with E-state index in [4.69, 9.17) is 10.00 Å². The van der Waals surface area contributed by atoms with Gasteiger partial charge in [-0.1, -0.05) is 19.3 Å². The molecule has 1 fully saturated rings. The van der Waals surface area contributed by atoms with Crippen molar-refractivity contribution in [2.24, 2.45) is 5.41 Å². The molecule has 0 aromatic rings. The smallest absolute Gasteiger partial charge is 0.302 e. The van der Waals surface area contributed by atoms with Gasteiger partial charge >= 0.3 is 5.97 Å². The fraction of sp³-hybridized carbons (Fsp3) is 0.818. The molecule has 3 heteroatoms. The molecule has 1 rings (SSSR count). The first-order chi connectivity index (χ1) is 6.68. The van der Waals surface area contributed by atoms with Gasteiger partial charge in [0, 0.05) is 13.3 Å². The molecule has 0 aromatic carbocycles. The number of nitrogens with zero attached hydrogens (tertiary/aromatic N) is 1. The monoisotopic (exact) mass is 195 g/mol. The lowest BCUT2D eigenvalue weighted by atomic mass is 9.73. The van der Waals surface area contributed by atoms with Crippen LogP contribution in [-0.2, 0) is 9.53 Å². The second kappa shape index (κ2) is 4.99. The Bertz CT molecular complexity index is 236. The summed E-state index contributed by atoms with van der Waals surface area (Å²) in [5.41, 5.74) is -0.215. The van der Waals surface area contributed by atoms with Crippen LogP contribution in [0.25, 0.3) is 0 Å². The van der Waals surface area contributed by atoms with Crippen LogP contribution in [0.4, 0.5) is 0 Å². The Hall–Kier alpha value is -1.04. The Morgan fingerprint density at radius 3 is 2.57 bits per heavy atom. The Morgan fingerprint density at radius 1 is 1.43 bits per heavy atom. The molecule has 0 saturated heterocycles. The van der Waals surface area contributed by atoms with E-state index in [9.17, 15) is 4.79 Å². The largest absolute Gasteiger partial charge is 0.466 e. The predicted molar refractivity (Wildman–Crippen MR) is 52.4 cm³/mol. The van der Waals surface area contributed by atoms with E-state index in [2.05, 4.69) is 6.07 Å². The Balaban J connectivity index is 2.37. The third kappa shape index (κ3) is 3.02. The maximum absolute atomic E-state index is 10.6. The molecule has 0 N–H and O–H groups in total. The zero-order valence-electron chi connectivity index (χ0n) is 8.71. The first-order valence-electron chi connectivity index (χ1n) is 5.23. The van der Waals surface area contributed by atoms with Crippen molar-refractivity contribution in [1.29, 1.82) is 5.26 Å². The minimum Gasteiger partial charge on any atom is -0.466 e. The zero-order valence-corrected chi connectivity index (χ0v) is 8.71. The second-order valence-electron chi connectivity index (χ2n) is 4.04. The number of hydrogen-bond acceptors (Lipinski definition) is 3. The lowest BCUT2D eigenvalue weighted by Crippen LogP contribution is -2.24. The first-order valence-corrected chi connectivity index (χ1v) is 5.23. The van der Waals surface area contributed by atoms with Gasteiger partial charge in [-0.3, -0.25) is 4.79 Å². The van der Waals surface area contributed by atoms with Crippen molar-refractivity contribution in [3.05, 3.63) is 0 Å². The Labute approximate surface area is 85.1 Å². The van der Waals surface area contributed by atoms with E-state index in [-0.39, 0.29) is 11.4 Å². The molecule has 1 aliphatic carbocycles. The average Bonchev–Trinajstić information content (AvgIpc) is 2.19. The lowest BCUT2D eigenvalue weighted by Gasteiger charge is -2.30. The van der Waals surface area contributed by atoms with Crippen molar-refractivity contribution in [3.63, 3.8) is 0 Å². The summed E-state index contributed by atoms with van der Waals surface area (Å²) in [7, 11) is 0. The van der Waals surface area contributed by atoms with Gasteiger partial charge in [-0.05, 0) is 12.8 Å².